The Morgan fingerprint density at radius 1 is 1.61 bits per heavy atom. The molecule has 5 heteroatoms. The molecule has 1 rings (SSSR count). The van der Waals surface area contributed by atoms with Crippen molar-refractivity contribution in [1.29, 1.82) is 0 Å². The Bertz CT molecular complexity index is 267. The Balaban J connectivity index is 2.45. The second-order valence-corrected chi connectivity index (χ2v) is 5.45. The number of carboxylic acids is 1. The zero-order valence-electron chi connectivity index (χ0n) is 11.7. The molecule has 5 nitrogen and oxygen atoms in total. The van der Waals surface area contributed by atoms with Crippen LogP contribution in [0, 0.1) is 5.92 Å². The van der Waals surface area contributed by atoms with Gasteiger partial charge in [-0.15, -0.1) is 0 Å². The molecule has 0 saturated carbocycles. The SMILES string of the molecule is CCNC(C)(CN(C)CC1CCCOC1)C(=O)O. The first-order valence-corrected chi connectivity index (χ1v) is 6.72. The van der Waals surface area contributed by atoms with Gasteiger partial charge >= 0.3 is 5.97 Å². The van der Waals surface area contributed by atoms with Crippen LogP contribution in [0.2, 0.25) is 0 Å². The van der Waals surface area contributed by atoms with Crippen molar-refractivity contribution < 1.29 is 14.6 Å². The minimum absolute atomic E-state index is 0.507. The minimum Gasteiger partial charge on any atom is -0.480 e. The van der Waals surface area contributed by atoms with Crippen molar-refractivity contribution in [3.63, 3.8) is 0 Å². The molecule has 0 aliphatic carbocycles. The maximum atomic E-state index is 11.3. The van der Waals surface area contributed by atoms with E-state index in [-0.39, 0.29) is 0 Å². The first-order valence-electron chi connectivity index (χ1n) is 6.72. The summed E-state index contributed by atoms with van der Waals surface area (Å²) in [6, 6.07) is 0. The lowest BCUT2D eigenvalue weighted by atomic mass is 9.99. The Morgan fingerprint density at radius 2 is 2.33 bits per heavy atom. The van der Waals surface area contributed by atoms with Crippen LogP contribution in [0.25, 0.3) is 0 Å². The van der Waals surface area contributed by atoms with Gasteiger partial charge in [-0.05, 0) is 39.3 Å². The Hall–Kier alpha value is -0.650. The molecule has 0 amide bonds. The molecule has 1 heterocycles. The topological polar surface area (TPSA) is 61.8 Å². The third-order valence-electron chi connectivity index (χ3n) is 3.45. The highest BCUT2D eigenvalue weighted by molar-refractivity contribution is 5.78. The van der Waals surface area contributed by atoms with E-state index in [2.05, 4.69) is 10.2 Å². The third kappa shape index (κ3) is 4.55. The normalized spacial score (nSPS) is 23.9. The highest BCUT2D eigenvalue weighted by Gasteiger charge is 2.33. The molecule has 1 aliphatic rings. The maximum absolute atomic E-state index is 11.3. The molecule has 18 heavy (non-hydrogen) atoms. The number of nitrogens with zero attached hydrogens (tertiary/aromatic N) is 1. The summed E-state index contributed by atoms with van der Waals surface area (Å²) in [6.45, 7) is 7.40. The lowest BCUT2D eigenvalue weighted by Crippen LogP contribution is -2.56. The van der Waals surface area contributed by atoms with E-state index in [1.807, 2.05) is 14.0 Å². The van der Waals surface area contributed by atoms with E-state index in [4.69, 9.17) is 4.74 Å². The van der Waals surface area contributed by atoms with Crippen molar-refractivity contribution in [3.8, 4) is 0 Å². The fourth-order valence-corrected chi connectivity index (χ4v) is 2.59. The van der Waals surface area contributed by atoms with Crippen molar-refractivity contribution in [2.75, 3.05) is 39.9 Å². The van der Waals surface area contributed by atoms with Crippen molar-refractivity contribution >= 4 is 5.97 Å². The largest absolute Gasteiger partial charge is 0.480 e. The van der Waals surface area contributed by atoms with Crippen LogP contribution < -0.4 is 5.32 Å². The summed E-state index contributed by atoms with van der Waals surface area (Å²) in [7, 11) is 1.98. The van der Waals surface area contributed by atoms with E-state index < -0.39 is 11.5 Å². The summed E-state index contributed by atoms with van der Waals surface area (Å²) in [5.74, 6) is -0.264. The van der Waals surface area contributed by atoms with Crippen LogP contribution in [0.5, 0.6) is 0 Å². The second kappa shape index (κ2) is 7.07. The summed E-state index contributed by atoms with van der Waals surface area (Å²) in [5.41, 5.74) is -0.876. The zero-order valence-corrected chi connectivity index (χ0v) is 11.7. The van der Waals surface area contributed by atoms with Gasteiger partial charge in [0.05, 0.1) is 6.61 Å². The fourth-order valence-electron chi connectivity index (χ4n) is 2.59. The van der Waals surface area contributed by atoms with Crippen LogP contribution in [0.3, 0.4) is 0 Å². The maximum Gasteiger partial charge on any atom is 0.324 e. The van der Waals surface area contributed by atoms with Crippen LogP contribution in [-0.2, 0) is 9.53 Å². The number of hydrogen-bond donors (Lipinski definition) is 2. The Labute approximate surface area is 109 Å². The van der Waals surface area contributed by atoms with Gasteiger partial charge in [-0.1, -0.05) is 6.92 Å². The molecule has 0 aromatic heterocycles. The summed E-state index contributed by atoms with van der Waals surface area (Å²) in [4.78, 5) is 13.4. The number of ether oxygens (including phenoxy) is 1. The smallest absolute Gasteiger partial charge is 0.324 e. The average Bonchev–Trinajstić information content (AvgIpc) is 2.30. The van der Waals surface area contributed by atoms with Crippen LogP contribution >= 0.6 is 0 Å². The van der Waals surface area contributed by atoms with E-state index in [1.54, 1.807) is 6.92 Å². The van der Waals surface area contributed by atoms with Crippen LogP contribution in [-0.4, -0.2) is 61.4 Å². The summed E-state index contributed by atoms with van der Waals surface area (Å²) in [6.07, 6.45) is 2.29. The average molecular weight is 258 g/mol. The predicted octanol–water partition coefficient (Wildman–Crippen LogP) is 0.798. The zero-order chi connectivity index (χ0) is 13.6. The molecule has 0 aromatic carbocycles. The first kappa shape index (κ1) is 15.4. The minimum atomic E-state index is -0.876. The van der Waals surface area contributed by atoms with Crippen molar-refractivity contribution in [3.05, 3.63) is 0 Å². The Morgan fingerprint density at radius 3 is 2.83 bits per heavy atom. The molecule has 2 atom stereocenters. The Kier molecular flexibility index (Phi) is 6.05. The van der Waals surface area contributed by atoms with Gasteiger partial charge in [0.25, 0.3) is 0 Å². The molecule has 2 N–H and O–H groups in total. The highest BCUT2D eigenvalue weighted by Crippen LogP contribution is 2.16. The van der Waals surface area contributed by atoms with Gasteiger partial charge in [0.2, 0.25) is 0 Å². The lowest BCUT2D eigenvalue weighted by molar-refractivity contribution is -0.145. The van der Waals surface area contributed by atoms with Gasteiger partial charge in [-0.25, -0.2) is 0 Å². The number of carbonyl (C=O) groups is 1. The molecule has 1 saturated heterocycles. The third-order valence-corrected chi connectivity index (χ3v) is 3.45. The van der Waals surface area contributed by atoms with E-state index in [0.717, 1.165) is 26.2 Å². The standard InChI is InChI=1S/C13H26N2O3/c1-4-14-13(2,12(16)17)10-15(3)8-11-6-5-7-18-9-11/h11,14H,4-10H2,1-3H3,(H,16,17). The molecule has 0 aromatic rings. The van der Waals surface area contributed by atoms with Gasteiger partial charge in [0.1, 0.15) is 5.54 Å². The number of likely N-dealkylation sites (N-methyl/N-ethyl adjacent to an activating group) is 2. The second-order valence-electron chi connectivity index (χ2n) is 5.45. The molecule has 1 fully saturated rings. The van der Waals surface area contributed by atoms with E-state index in [0.29, 0.717) is 19.0 Å². The molecule has 0 radical (unpaired) electrons. The predicted molar refractivity (Wildman–Crippen MR) is 70.8 cm³/mol. The number of nitrogens with one attached hydrogen (secondary N) is 1. The van der Waals surface area contributed by atoms with Crippen molar-refractivity contribution in [2.45, 2.75) is 32.2 Å². The summed E-state index contributed by atoms with van der Waals surface area (Å²) in [5, 5.41) is 12.4. The van der Waals surface area contributed by atoms with Crippen molar-refractivity contribution in [1.82, 2.24) is 10.2 Å². The number of carboxylic acid groups (broad SMARTS) is 1. The van der Waals surface area contributed by atoms with Gasteiger partial charge in [0.15, 0.2) is 0 Å². The van der Waals surface area contributed by atoms with Crippen LogP contribution in [0.4, 0.5) is 0 Å². The number of aliphatic carboxylic acids is 1. The molecular formula is C13H26N2O3. The molecule has 0 spiro atoms. The van der Waals surface area contributed by atoms with E-state index >= 15 is 0 Å². The summed E-state index contributed by atoms with van der Waals surface area (Å²) < 4.78 is 5.45. The highest BCUT2D eigenvalue weighted by atomic mass is 16.5. The molecule has 1 aliphatic heterocycles. The van der Waals surface area contributed by atoms with E-state index in [1.165, 1.54) is 6.42 Å². The van der Waals surface area contributed by atoms with Crippen LogP contribution in [0.15, 0.2) is 0 Å². The van der Waals surface area contributed by atoms with Crippen molar-refractivity contribution in [2.24, 2.45) is 5.92 Å². The number of hydrogen-bond acceptors (Lipinski definition) is 4. The molecular weight excluding hydrogens is 232 g/mol. The summed E-state index contributed by atoms with van der Waals surface area (Å²) >= 11 is 0. The van der Waals surface area contributed by atoms with Gasteiger partial charge in [-0.3, -0.25) is 4.79 Å². The van der Waals surface area contributed by atoms with Gasteiger partial charge in [-0.2, -0.15) is 0 Å². The monoisotopic (exact) mass is 258 g/mol. The first-order chi connectivity index (χ1) is 8.48. The van der Waals surface area contributed by atoms with Gasteiger partial charge < -0.3 is 20.1 Å². The number of rotatable bonds is 7. The van der Waals surface area contributed by atoms with E-state index in [9.17, 15) is 9.90 Å². The quantitative estimate of drug-likeness (QED) is 0.707. The van der Waals surface area contributed by atoms with Gasteiger partial charge in [0, 0.05) is 19.7 Å². The molecule has 0 bridgehead atoms. The fraction of sp³-hybridized carbons (Fsp3) is 0.923. The molecule has 106 valence electrons. The van der Waals surface area contributed by atoms with Crippen LogP contribution in [0.1, 0.15) is 26.7 Å². The molecule has 2 unspecified atom stereocenters. The lowest BCUT2D eigenvalue weighted by Gasteiger charge is -2.33.